The third kappa shape index (κ3) is 1.54. The van der Waals surface area contributed by atoms with Gasteiger partial charge in [-0.3, -0.25) is 9.59 Å². The molecule has 1 aromatic rings. The number of Topliss-reactive ketones (excluding diaryl/α,β-unsaturated/α-hetero) is 2. The first-order chi connectivity index (χ1) is 7.43. The molecule has 0 radical (unpaired) electrons. The summed E-state index contributed by atoms with van der Waals surface area (Å²) in [4.78, 5) is 25.8. The highest BCUT2D eigenvalue weighted by molar-refractivity contribution is 7.13. The molecular formula is C13H16O2S. The van der Waals surface area contributed by atoms with Crippen LogP contribution in [-0.2, 0) is 0 Å². The Balaban J connectivity index is 2.70. The topological polar surface area (TPSA) is 34.1 Å². The quantitative estimate of drug-likeness (QED) is 0.733. The first kappa shape index (κ1) is 11.5. The van der Waals surface area contributed by atoms with Gasteiger partial charge in [0, 0.05) is 20.9 Å². The van der Waals surface area contributed by atoms with Crippen LogP contribution in [0.1, 0.15) is 76.4 Å². The highest BCUT2D eigenvalue weighted by Crippen LogP contribution is 2.42. The van der Waals surface area contributed by atoms with E-state index in [9.17, 15) is 9.59 Å². The van der Waals surface area contributed by atoms with Crippen molar-refractivity contribution in [1.29, 1.82) is 0 Å². The summed E-state index contributed by atoms with van der Waals surface area (Å²) in [6.07, 6.45) is 0.0810. The lowest BCUT2D eigenvalue weighted by molar-refractivity contribution is 0.0922. The number of carbonyl (C=O) groups is 2. The van der Waals surface area contributed by atoms with E-state index in [1.807, 2.05) is 0 Å². The second kappa shape index (κ2) is 3.81. The minimum absolute atomic E-state index is 0.0202. The summed E-state index contributed by atoms with van der Waals surface area (Å²) in [6, 6.07) is 0. The summed E-state index contributed by atoms with van der Waals surface area (Å²) in [6.45, 7) is 8.30. The Morgan fingerprint density at radius 3 is 1.56 bits per heavy atom. The molecule has 3 heteroatoms. The monoisotopic (exact) mass is 236 g/mol. The first-order valence-corrected chi connectivity index (χ1v) is 6.48. The molecule has 16 heavy (non-hydrogen) atoms. The van der Waals surface area contributed by atoms with Crippen molar-refractivity contribution in [2.45, 2.75) is 46.0 Å². The molecule has 0 spiro atoms. The van der Waals surface area contributed by atoms with E-state index in [1.54, 1.807) is 11.3 Å². The maximum Gasteiger partial charge on any atom is 0.172 e. The molecule has 0 aliphatic heterocycles. The van der Waals surface area contributed by atoms with Gasteiger partial charge in [0.15, 0.2) is 11.6 Å². The van der Waals surface area contributed by atoms with E-state index in [1.165, 1.54) is 0 Å². The number of ketones is 2. The van der Waals surface area contributed by atoms with Gasteiger partial charge in [0.1, 0.15) is 0 Å². The van der Waals surface area contributed by atoms with Gasteiger partial charge in [-0.15, -0.1) is 11.3 Å². The van der Waals surface area contributed by atoms with Crippen molar-refractivity contribution >= 4 is 22.9 Å². The molecule has 0 aromatic carbocycles. The molecule has 0 saturated heterocycles. The highest BCUT2D eigenvalue weighted by Gasteiger charge is 2.36. The average molecular weight is 236 g/mol. The molecule has 0 amide bonds. The second-order valence-electron chi connectivity index (χ2n) is 4.91. The summed E-state index contributed by atoms with van der Waals surface area (Å²) < 4.78 is 0. The summed E-state index contributed by atoms with van der Waals surface area (Å²) in [5.74, 6) is 0.681. The Kier molecular flexibility index (Phi) is 2.74. The predicted molar refractivity (Wildman–Crippen MR) is 65.8 cm³/mol. The zero-order chi connectivity index (χ0) is 12.0. The maximum absolute atomic E-state index is 11.8. The van der Waals surface area contributed by atoms with Crippen molar-refractivity contribution in [3.05, 3.63) is 20.9 Å². The summed E-state index contributed by atoms with van der Waals surface area (Å²) in [5.41, 5.74) is 1.46. The molecule has 1 aliphatic carbocycles. The maximum atomic E-state index is 11.8. The Labute approximate surface area is 99.7 Å². The van der Waals surface area contributed by atoms with Crippen LogP contribution in [0.15, 0.2) is 0 Å². The van der Waals surface area contributed by atoms with E-state index in [0.29, 0.717) is 11.8 Å². The summed E-state index contributed by atoms with van der Waals surface area (Å²) in [5, 5.41) is 0. The summed E-state index contributed by atoms with van der Waals surface area (Å²) >= 11 is 1.64. The van der Waals surface area contributed by atoms with Crippen molar-refractivity contribution < 1.29 is 9.59 Å². The van der Waals surface area contributed by atoms with Gasteiger partial charge in [-0.1, -0.05) is 27.7 Å². The Hall–Kier alpha value is -0.960. The fraction of sp³-hybridized carbons (Fsp3) is 0.538. The van der Waals surface area contributed by atoms with Crippen molar-refractivity contribution in [3.63, 3.8) is 0 Å². The van der Waals surface area contributed by atoms with Gasteiger partial charge in [0.2, 0.25) is 0 Å². The number of carbonyl (C=O) groups excluding carboxylic acids is 2. The minimum Gasteiger partial charge on any atom is -0.294 e. The van der Waals surface area contributed by atoms with Crippen LogP contribution in [0.3, 0.4) is 0 Å². The SMILES string of the molecule is CC(C)c1sc(C(C)C)c2c1C(=O)CC2=O. The molecule has 0 unspecified atom stereocenters. The fourth-order valence-corrected chi connectivity index (χ4v) is 3.50. The standard InChI is InChI=1S/C13H16O2S/c1-6(2)12-10-8(14)5-9(15)11(10)13(16-12)7(3)4/h6-7H,5H2,1-4H3. The van der Waals surface area contributed by atoms with Gasteiger partial charge in [-0.2, -0.15) is 0 Å². The average Bonchev–Trinajstić information content (AvgIpc) is 2.67. The third-order valence-electron chi connectivity index (χ3n) is 2.89. The molecule has 0 atom stereocenters. The molecule has 86 valence electrons. The van der Waals surface area contributed by atoms with Crippen LogP contribution in [0.5, 0.6) is 0 Å². The van der Waals surface area contributed by atoms with Crippen LogP contribution >= 0.6 is 11.3 Å². The zero-order valence-corrected chi connectivity index (χ0v) is 10.9. The molecule has 1 aromatic heterocycles. The smallest absolute Gasteiger partial charge is 0.172 e. The molecule has 0 saturated carbocycles. The van der Waals surface area contributed by atoms with Crippen LogP contribution in [0.2, 0.25) is 0 Å². The van der Waals surface area contributed by atoms with Crippen LogP contribution in [0.25, 0.3) is 0 Å². The number of fused-ring (bicyclic) bond motifs is 1. The largest absolute Gasteiger partial charge is 0.294 e. The summed E-state index contributed by atoms with van der Waals surface area (Å²) in [7, 11) is 0. The van der Waals surface area contributed by atoms with Crippen LogP contribution in [0, 0.1) is 0 Å². The first-order valence-electron chi connectivity index (χ1n) is 5.66. The van der Waals surface area contributed by atoms with E-state index in [-0.39, 0.29) is 18.0 Å². The normalized spacial score (nSPS) is 15.4. The van der Waals surface area contributed by atoms with E-state index in [0.717, 1.165) is 20.9 Å². The van der Waals surface area contributed by atoms with Crippen molar-refractivity contribution in [2.75, 3.05) is 0 Å². The van der Waals surface area contributed by atoms with Crippen LogP contribution in [-0.4, -0.2) is 11.6 Å². The number of hydrogen-bond donors (Lipinski definition) is 0. The molecular weight excluding hydrogens is 220 g/mol. The molecule has 0 fully saturated rings. The van der Waals surface area contributed by atoms with Crippen LogP contribution < -0.4 is 0 Å². The second-order valence-corrected chi connectivity index (χ2v) is 6.00. The highest BCUT2D eigenvalue weighted by atomic mass is 32.1. The van der Waals surface area contributed by atoms with Gasteiger partial charge in [0.05, 0.1) is 6.42 Å². The van der Waals surface area contributed by atoms with E-state index in [2.05, 4.69) is 27.7 Å². The van der Waals surface area contributed by atoms with Gasteiger partial charge >= 0.3 is 0 Å². The lowest BCUT2D eigenvalue weighted by atomic mass is 10.0. The van der Waals surface area contributed by atoms with Gasteiger partial charge in [-0.25, -0.2) is 0 Å². The van der Waals surface area contributed by atoms with Crippen LogP contribution in [0.4, 0.5) is 0 Å². The fourth-order valence-electron chi connectivity index (χ4n) is 2.16. The van der Waals surface area contributed by atoms with Gasteiger partial charge < -0.3 is 0 Å². The molecule has 0 N–H and O–H groups in total. The number of thiophene rings is 1. The molecule has 0 bridgehead atoms. The molecule has 1 aliphatic rings. The molecule has 1 heterocycles. The molecule has 2 rings (SSSR count). The lowest BCUT2D eigenvalue weighted by Crippen LogP contribution is -1.97. The molecule has 2 nitrogen and oxygen atoms in total. The number of hydrogen-bond acceptors (Lipinski definition) is 3. The minimum atomic E-state index is 0.0202. The van der Waals surface area contributed by atoms with E-state index in [4.69, 9.17) is 0 Å². The zero-order valence-electron chi connectivity index (χ0n) is 10.1. The lowest BCUT2D eigenvalue weighted by Gasteiger charge is -2.03. The van der Waals surface area contributed by atoms with Gasteiger partial charge in [-0.05, 0) is 11.8 Å². The van der Waals surface area contributed by atoms with Gasteiger partial charge in [0.25, 0.3) is 0 Å². The van der Waals surface area contributed by atoms with Crippen molar-refractivity contribution in [3.8, 4) is 0 Å². The third-order valence-corrected chi connectivity index (χ3v) is 4.68. The number of rotatable bonds is 2. The van der Waals surface area contributed by atoms with Crippen molar-refractivity contribution in [2.24, 2.45) is 0 Å². The van der Waals surface area contributed by atoms with Crippen molar-refractivity contribution in [1.82, 2.24) is 0 Å². The van der Waals surface area contributed by atoms with E-state index < -0.39 is 0 Å². The Morgan fingerprint density at radius 1 is 0.875 bits per heavy atom. The Morgan fingerprint density at radius 2 is 1.25 bits per heavy atom. The Bertz CT molecular complexity index is 426. The van der Waals surface area contributed by atoms with E-state index >= 15 is 0 Å². The predicted octanol–water partition coefficient (Wildman–Crippen LogP) is 3.76.